The van der Waals surface area contributed by atoms with Gasteiger partial charge in [-0.3, -0.25) is 9.89 Å². The van der Waals surface area contributed by atoms with Crippen LogP contribution in [0.5, 0.6) is 0 Å². The van der Waals surface area contributed by atoms with Crippen molar-refractivity contribution in [2.24, 2.45) is 0 Å². The number of aromatic nitrogens is 2. The topological polar surface area (TPSA) is 45.8 Å². The molecule has 0 amide bonds. The fourth-order valence-corrected chi connectivity index (χ4v) is 1.54. The van der Waals surface area contributed by atoms with E-state index in [-0.39, 0.29) is 5.78 Å². The number of hydrogen-bond acceptors (Lipinski definition) is 2. The summed E-state index contributed by atoms with van der Waals surface area (Å²) in [4.78, 5) is 11.1. The Morgan fingerprint density at radius 2 is 2.13 bits per heavy atom. The van der Waals surface area contributed by atoms with E-state index in [4.69, 9.17) is 11.6 Å². The van der Waals surface area contributed by atoms with Crippen LogP contribution in [0.3, 0.4) is 0 Å². The van der Waals surface area contributed by atoms with Crippen LogP contribution in [0.15, 0.2) is 30.3 Å². The molecule has 0 atom stereocenters. The lowest BCUT2D eigenvalue weighted by Crippen LogP contribution is -1.90. The largest absolute Gasteiger partial charge is 0.293 e. The smallest absolute Gasteiger partial charge is 0.177 e. The van der Waals surface area contributed by atoms with Crippen LogP contribution in [0.2, 0.25) is 5.02 Å². The molecule has 1 N–H and O–H groups in total. The predicted octanol–water partition coefficient (Wildman–Crippen LogP) is 2.93. The van der Waals surface area contributed by atoms with Gasteiger partial charge in [0.1, 0.15) is 5.69 Å². The highest BCUT2D eigenvalue weighted by molar-refractivity contribution is 6.33. The van der Waals surface area contributed by atoms with Crippen molar-refractivity contribution in [2.75, 3.05) is 0 Å². The highest BCUT2D eigenvalue weighted by Gasteiger charge is 2.08. The van der Waals surface area contributed by atoms with Gasteiger partial charge in [0, 0.05) is 12.5 Å². The highest BCUT2D eigenvalue weighted by atomic mass is 35.5. The molecule has 1 aromatic carbocycles. The van der Waals surface area contributed by atoms with Crippen molar-refractivity contribution in [1.29, 1.82) is 0 Å². The van der Waals surface area contributed by atoms with Gasteiger partial charge in [-0.15, -0.1) is 0 Å². The number of benzene rings is 1. The van der Waals surface area contributed by atoms with E-state index >= 15 is 0 Å². The van der Waals surface area contributed by atoms with Crippen molar-refractivity contribution in [1.82, 2.24) is 10.2 Å². The number of rotatable bonds is 2. The second kappa shape index (κ2) is 3.87. The zero-order chi connectivity index (χ0) is 10.8. The minimum atomic E-state index is -0.0409. The molecule has 15 heavy (non-hydrogen) atoms. The summed E-state index contributed by atoms with van der Waals surface area (Å²) in [5.74, 6) is -0.0409. The number of nitrogens with zero attached hydrogens (tertiary/aromatic N) is 1. The minimum Gasteiger partial charge on any atom is -0.293 e. The number of ketones is 1. The van der Waals surface area contributed by atoms with Crippen LogP contribution in [0, 0.1) is 0 Å². The first-order chi connectivity index (χ1) is 7.18. The lowest BCUT2D eigenvalue weighted by Gasteiger charge is -1.97. The molecule has 2 rings (SSSR count). The van der Waals surface area contributed by atoms with Gasteiger partial charge >= 0.3 is 0 Å². The van der Waals surface area contributed by atoms with E-state index in [1.54, 1.807) is 12.1 Å². The van der Waals surface area contributed by atoms with Crippen LogP contribution >= 0.6 is 11.6 Å². The van der Waals surface area contributed by atoms with Crippen molar-refractivity contribution < 1.29 is 4.79 Å². The summed E-state index contributed by atoms with van der Waals surface area (Å²) in [5.41, 5.74) is 2.00. The van der Waals surface area contributed by atoms with Crippen LogP contribution in [0.25, 0.3) is 11.3 Å². The fraction of sp³-hybridized carbons (Fsp3) is 0.0909. The van der Waals surface area contributed by atoms with E-state index in [1.165, 1.54) is 6.92 Å². The first-order valence-corrected chi connectivity index (χ1v) is 4.87. The molecule has 0 saturated heterocycles. The van der Waals surface area contributed by atoms with E-state index in [0.717, 1.165) is 5.56 Å². The van der Waals surface area contributed by atoms with Gasteiger partial charge in [-0.25, -0.2) is 0 Å². The third kappa shape index (κ3) is 1.92. The van der Waals surface area contributed by atoms with Crippen molar-refractivity contribution in [2.45, 2.75) is 6.92 Å². The molecule has 0 unspecified atom stereocenters. The highest BCUT2D eigenvalue weighted by Crippen LogP contribution is 2.26. The average molecular weight is 221 g/mol. The van der Waals surface area contributed by atoms with Gasteiger partial charge in [0.05, 0.1) is 10.7 Å². The molecule has 0 bridgehead atoms. The van der Waals surface area contributed by atoms with Gasteiger partial charge in [0.25, 0.3) is 0 Å². The number of aromatic amines is 1. The fourth-order valence-electron chi connectivity index (χ4n) is 1.31. The summed E-state index contributed by atoms with van der Waals surface area (Å²) in [6.07, 6.45) is 0. The molecular formula is C11H9ClN2O. The minimum absolute atomic E-state index is 0.0409. The molecular weight excluding hydrogens is 212 g/mol. The monoisotopic (exact) mass is 220 g/mol. The van der Waals surface area contributed by atoms with Gasteiger partial charge < -0.3 is 0 Å². The average Bonchev–Trinajstić information content (AvgIpc) is 2.67. The Kier molecular flexibility index (Phi) is 2.56. The van der Waals surface area contributed by atoms with E-state index in [1.807, 2.05) is 18.2 Å². The molecule has 0 aliphatic heterocycles. The Balaban J connectivity index is 2.46. The maximum Gasteiger partial charge on any atom is 0.177 e. The molecule has 0 aliphatic carbocycles. The standard InChI is InChI=1S/C11H9ClN2O/c1-7(15)10-6-11(14-13-10)8-4-2-3-5-9(8)12/h2-6H,1H3,(H,13,14). The lowest BCUT2D eigenvalue weighted by atomic mass is 10.1. The third-order valence-corrected chi connectivity index (χ3v) is 2.44. The zero-order valence-corrected chi connectivity index (χ0v) is 8.88. The van der Waals surface area contributed by atoms with Crippen molar-refractivity contribution in [3.8, 4) is 11.3 Å². The van der Waals surface area contributed by atoms with Crippen molar-refractivity contribution >= 4 is 17.4 Å². The first-order valence-electron chi connectivity index (χ1n) is 4.50. The van der Waals surface area contributed by atoms with Gasteiger partial charge in [0.15, 0.2) is 5.78 Å². The summed E-state index contributed by atoms with van der Waals surface area (Å²) in [6.45, 7) is 1.49. The van der Waals surface area contributed by atoms with E-state index in [9.17, 15) is 4.79 Å². The number of nitrogens with one attached hydrogen (secondary N) is 1. The molecule has 76 valence electrons. The lowest BCUT2D eigenvalue weighted by molar-refractivity contribution is 0.101. The zero-order valence-electron chi connectivity index (χ0n) is 8.12. The van der Waals surface area contributed by atoms with E-state index in [2.05, 4.69) is 10.2 Å². The number of halogens is 1. The molecule has 3 nitrogen and oxygen atoms in total. The number of H-pyrrole nitrogens is 1. The maximum absolute atomic E-state index is 11.1. The summed E-state index contributed by atoms with van der Waals surface area (Å²) in [7, 11) is 0. The first kappa shape index (κ1) is 9.93. The van der Waals surface area contributed by atoms with Gasteiger partial charge in [0.2, 0.25) is 0 Å². The molecule has 0 saturated carbocycles. The van der Waals surface area contributed by atoms with Crippen LogP contribution in [-0.2, 0) is 0 Å². The summed E-state index contributed by atoms with van der Waals surface area (Å²) >= 11 is 6.01. The molecule has 2 aromatic rings. The van der Waals surface area contributed by atoms with Crippen molar-refractivity contribution in [3.05, 3.63) is 41.0 Å². The number of carbonyl (C=O) groups is 1. The van der Waals surface area contributed by atoms with Gasteiger partial charge in [-0.2, -0.15) is 5.10 Å². The number of hydrogen-bond donors (Lipinski definition) is 1. The summed E-state index contributed by atoms with van der Waals surface area (Å²) in [6, 6.07) is 9.08. The molecule has 0 fully saturated rings. The molecule has 1 aromatic heterocycles. The Labute approximate surface area is 92.1 Å². The molecule has 0 radical (unpaired) electrons. The second-order valence-electron chi connectivity index (χ2n) is 3.20. The third-order valence-electron chi connectivity index (χ3n) is 2.11. The molecule has 1 heterocycles. The summed E-state index contributed by atoms with van der Waals surface area (Å²) in [5, 5.41) is 7.34. The number of carbonyl (C=O) groups excluding carboxylic acids is 1. The Morgan fingerprint density at radius 3 is 2.73 bits per heavy atom. The quantitative estimate of drug-likeness (QED) is 0.791. The van der Waals surface area contributed by atoms with Crippen LogP contribution in [0.4, 0.5) is 0 Å². The van der Waals surface area contributed by atoms with Crippen molar-refractivity contribution in [3.63, 3.8) is 0 Å². The molecule has 0 spiro atoms. The van der Waals surface area contributed by atoms with E-state index < -0.39 is 0 Å². The van der Waals surface area contributed by atoms with Crippen LogP contribution in [-0.4, -0.2) is 16.0 Å². The Bertz CT molecular complexity index is 505. The normalized spacial score (nSPS) is 10.3. The van der Waals surface area contributed by atoms with E-state index in [0.29, 0.717) is 16.4 Å². The SMILES string of the molecule is CC(=O)c1cc(-c2ccccc2Cl)n[nH]1. The Hall–Kier alpha value is -1.61. The van der Waals surface area contributed by atoms with Gasteiger partial charge in [-0.1, -0.05) is 29.8 Å². The van der Waals surface area contributed by atoms with Crippen LogP contribution in [0.1, 0.15) is 17.4 Å². The molecule has 0 aliphatic rings. The summed E-state index contributed by atoms with van der Waals surface area (Å²) < 4.78 is 0. The predicted molar refractivity (Wildman–Crippen MR) is 59.0 cm³/mol. The number of Topliss-reactive ketones (excluding diaryl/α,β-unsaturated/α-hetero) is 1. The molecule has 4 heteroatoms. The van der Waals surface area contributed by atoms with Gasteiger partial charge in [-0.05, 0) is 12.1 Å². The maximum atomic E-state index is 11.1. The Morgan fingerprint density at radius 1 is 1.40 bits per heavy atom. The van der Waals surface area contributed by atoms with Crippen LogP contribution < -0.4 is 0 Å². The second-order valence-corrected chi connectivity index (χ2v) is 3.61.